The molecule has 0 saturated carbocycles. The third-order valence-corrected chi connectivity index (χ3v) is 1.97. The second-order valence-corrected chi connectivity index (χ2v) is 3.10. The normalized spacial score (nSPS) is 10.8. The van der Waals surface area contributed by atoms with Crippen molar-refractivity contribution in [2.24, 2.45) is 10.7 Å². The van der Waals surface area contributed by atoms with Gasteiger partial charge in [-0.15, -0.1) is 0 Å². The number of nitrogens with two attached hydrogens (primary N) is 1. The first-order valence-electron chi connectivity index (χ1n) is 4.70. The van der Waals surface area contributed by atoms with E-state index in [4.69, 9.17) is 11.0 Å². The molecule has 0 radical (unpaired) electrons. The van der Waals surface area contributed by atoms with Gasteiger partial charge >= 0.3 is 0 Å². The maximum Gasteiger partial charge on any atom is 0.0993 e. The Kier molecular flexibility index (Phi) is 3.64. The molecule has 0 bridgehead atoms. The van der Waals surface area contributed by atoms with Gasteiger partial charge in [-0.2, -0.15) is 5.26 Å². The molecule has 1 aromatic rings. The van der Waals surface area contributed by atoms with Crippen LogP contribution in [0.15, 0.2) is 35.8 Å². The SMILES string of the molecule is C=C(N=C(N)CC)c1cccc(C#N)c1. The fraction of sp³-hybridized carbons (Fsp3) is 0.167. The molecule has 1 aromatic carbocycles. The van der Waals surface area contributed by atoms with Crippen LogP contribution in [0.2, 0.25) is 0 Å². The molecule has 0 heterocycles. The Balaban J connectivity index is 2.98. The molecule has 3 heteroatoms. The van der Waals surface area contributed by atoms with E-state index >= 15 is 0 Å². The van der Waals surface area contributed by atoms with Gasteiger partial charge in [-0.1, -0.05) is 25.6 Å². The molecule has 0 saturated heterocycles. The number of benzene rings is 1. The first-order chi connectivity index (χ1) is 7.17. The summed E-state index contributed by atoms with van der Waals surface area (Å²) in [5, 5.41) is 8.73. The van der Waals surface area contributed by atoms with Crippen molar-refractivity contribution in [3.05, 3.63) is 42.0 Å². The molecule has 0 fully saturated rings. The average molecular weight is 199 g/mol. The predicted molar refractivity (Wildman–Crippen MR) is 62.1 cm³/mol. The summed E-state index contributed by atoms with van der Waals surface area (Å²) in [6.07, 6.45) is 0.691. The predicted octanol–water partition coefficient (Wildman–Crippen LogP) is 2.30. The van der Waals surface area contributed by atoms with E-state index in [1.165, 1.54) is 0 Å². The van der Waals surface area contributed by atoms with E-state index in [0.29, 0.717) is 23.5 Å². The maximum absolute atomic E-state index is 8.73. The van der Waals surface area contributed by atoms with Crippen LogP contribution in [0.25, 0.3) is 5.70 Å². The van der Waals surface area contributed by atoms with E-state index in [1.807, 2.05) is 13.0 Å². The van der Waals surface area contributed by atoms with Gasteiger partial charge in [-0.25, -0.2) is 4.99 Å². The number of nitrogens with zero attached hydrogens (tertiary/aromatic N) is 2. The van der Waals surface area contributed by atoms with Crippen molar-refractivity contribution in [2.75, 3.05) is 0 Å². The summed E-state index contributed by atoms with van der Waals surface area (Å²) in [6.45, 7) is 5.74. The lowest BCUT2D eigenvalue weighted by Gasteiger charge is -2.02. The highest BCUT2D eigenvalue weighted by Crippen LogP contribution is 2.15. The van der Waals surface area contributed by atoms with Gasteiger partial charge in [0.1, 0.15) is 0 Å². The van der Waals surface area contributed by atoms with Crippen LogP contribution in [-0.2, 0) is 0 Å². The van der Waals surface area contributed by atoms with E-state index in [2.05, 4.69) is 17.6 Å². The van der Waals surface area contributed by atoms with Gasteiger partial charge in [0.2, 0.25) is 0 Å². The molecule has 0 spiro atoms. The first-order valence-corrected chi connectivity index (χ1v) is 4.70. The van der Waals surface area contributed by atoms with Crippen molar-refractivity contribution in [1.29, 1.82) is 5.26 Å². The Hall–Kier alpha value is -2.08. The lowest BCUT2D eigenvalue weighted by molar-refractivity contribution is 1.24. The molecule has 0 aliphatic rings. The molecule has 0 aliphatic carbocycles. The number of nitriles is 1. The molecule has 15 heavy (non-hydrogen) atoms. The quantitative estimate of drug-likeness (QED) is 0.599. The number of aliphatic imine (C=N–C) groups is 1. The van der Waals surface area contributed by atoms with Crippen LogP contribution in [0, 0.1) is 11.3 Å². The zero-order valence-electron chi connectivity index (χ0n) is 8.70. The van der Waals surface area contributed by atoms with Crippen LogP contribution in [0.4, 0.5) is 0 Å². The summed E-state index contributed by atoms with van der Waals surface area (Å²) in [5.74, 6) is 0.544. The second kappa shape index (κ2) is 4.97. The smallest absolute Gasteiger partial charge is 0.0993 e. The zero-order chi connectivity index (χ0) is 11.3. The largest absolute Gasteiger partial charge is 0.387 e. The van der Waals surface area contributed by atoms with Gasteiger partial charge in [0.15, 0.2) is 0 Å². The highest BCUT2D eigenvalue weighted by molar-refractivity contribution is 5.86. The van der Waals surface area contributed by atoms with Crippen molar-refractivity contribution in [3.8, 4) is 6.07 Å². The maximum atomic E-state index is 8.73. The van der Waals surface area contributed by atoms with Crippen molar-refractivity contribution in [1.82, 2.24) is 0 Å². The van der Waals surface area contributed by atoms with Crippen LogP contribution in [0.5, 0.6) is 0 Å². The highest BCUT2D eigenvalue weighted by Gasteiger charge is 1.99. The zero-order valence-corrected chi connectivity index (χ0v) is 8.70. The van der Waals surface area contributed by atoms with Crippen LogP contribution in [0.1, 0.15) is 24.5 Å². The standard InChI is InChI=1S/C12H13N3/c1-3-12(14)15-9(2)11-6-4-5-10(7-11)8-13/h4-7H,2-3H2,1H3,(H2,14,15). The van der Waals surface area contributed by atoms with Crippen LogP contribution in [0.3, 0.4) is 0 Å². The van der Waals surface area contributed by atoms with E-state index in [-0.39, 0.29) is 0 Å². The second-order valence-electron chi connectivity index (χ2n) is 3.10. The fourth-order valence-corrected chi connectivity index (χ4v) is 1.09. The van der Waals surface area contributed by atoms with Gasteiger partial charge in [0.25, 0.3) is 0 Å². The number of amidine groups is 1. The first kappa shape index (κ1) is 11.0. The number of hydrogen-bond acceptors (Lipinski definition) is 2. The molecular formula is C12H13N3. The molecule has 0 atom stereocenters. The molecule has 0 amide bonds. The topological polar surface area (TPSA) is 62.2 Å². The van der Waals surface area contributed by atoms with E-state index in [1.54, 1.807) is 18.2 Å². The summed E-state index contributed by atoms with van der Waals surface area (Å²) in [7, 11) is 0. The van der Waals surface area contributed by atoms with Gasteiger partial charge in [-0.3, -0.25) is 0 Å². The van der Waals surface area contributed by atoms with Crippen LogP contribution in [-0.4, -0.2) is 5.84 Å². The molecule has 76 valence electrons. The molecule has 1 rings (SSSR count). The third-order valence-electron chi connectivity index (χ3n) is 1.97. The lowest BCUT2D eigenvalue weighted by Crippen LogP contribution is -2.09. The summed E-state index contributed by atoms with van der Waals surface area (Å²) in [5.41, 5.74) is 7.62. The van der Waals surface area contributed by atoms with Crippen molar-refractivity contribution < 1.29 is 0 Å². The third kappa shape index (κ3) is 2.96. The lowest BCUT2D eigenvalue weighted by atomic mass is 10.1. The Morgan fingerprint density at radius 3 is 2.93 bits per heavy atom. The van der Waals surface area contributed by atoms with Crippen molar-refractivity contribution >= 4 is 11.5 Å². The molecule has 3 nitrogen and oxygen atoms in total. The summed E-state index contributed by atoms with van der Waals surface area (Å²) >= 11 is 0. The monoisotopic (exact) mass is 199 g/mol. The summed E-state index contributed by atoms with van der Waals surface area (Å²) in [4.78, 5) is 4.13. The van der Waals surface area contributed by atoms with E-state index < -0.39 is 0 Å². The Morgan fingerprint density at radius 2 is 2.33 bits per heavy atom. The molecule has 0 unspecified atom stereocenters. The van der Waals surface area contributed by atoms with E-state index in [9.17, 15) is 0 Å². The Morgan fingerprint density at radius 1 is 1.60 bits per heavy atom. The summed E-state index contributed by atoms with van der Waals surface area (Å²) < 4.78 is 0. The number of hydrogen-bond donors (Lipinski definition) is 1. The summed E-state index contributed by atoms with van der Waals surface area (Å²) in [6, 6.07) is 9.21. The van der Waals surface area contributed by atoms with Gasteiger partial charge in [0, 0.05) is 12.0 Å². The van der Waals surface area contributed by atoms with Gasteiger partial charge < -0.3 is 5.73 Å². The average Bonchev–Trinajstić information content (AvgIpc) is 2.28. The minimum atomic E-state index is 0.544. The highest BCUT2D eigenvalue weighted by atomic mass is 14.9. The molecule has 2 N–H and O–H groups in total. The van der Waals surface area contributed by atoms with Crippen LogP contribution < -0.4 is 5.73 Å². The van der Waals surface area contributed by atoms with E-state index in [0.717, 1.165) is 5.56 Å². The minimum Gasteiger partial charge on any atom is -0.387 e. The van der Waals surface area contributed by atoms with Gasteiger partial charge in [0.05, 0.1) is 23.2 Å². The fourth-order valence-electron chi connectivity index (χ4n) is 1.09. The van der Waals surface area contributed by atoms with Crippen LogP contribution >= 0.6 is 0 Å². The van der Waals surface area contributed by atoms with Gasteiger partial charge in [-0.05, 0) is 12.1 Å². The minimum absolute atomic E-state index is 0.544. The Labute approximate surface area is 89.6 Å². The van der Waals surface area contributed by atoms with Crippen molar-refractivity contribution in [2.45, 2.75) is 13.3 Å². The molecule has 0 aliphatic heterocycles. The number of rotatable bonds is 3. The van der Waals surface area contributed by atoms with Crippen molar-refractivity contribution in [3.63, 3.8) is 0 Å². The Bertz CT molecular complexity index is 438. The molecule has 0 aromatic heterocycles. The molecular weight excluding hydrogens is 186 g/mol.